The van der Waals surface area contributed by atoms with E-state index in [1.54, 1.807) is 6.92 Å². The fourth-order valence-electron chi connectivity index (χ4n) is 2.94. The van der Waals surface area contributed by atoms with Crippen LogP contribution in [-0.4, -0.2) is 36.2 Å². The van der Waals surface area contributed by atoms with E-state index in [1.807, 2.05) is 32.0 Å². The third-order valence-corrected chi connectivity index (χ3v) is 4.58. The first-order valence-corrected chi connectivity index (χ1v) is 9.26. The Morgan fingerprint density at radius 3 is 2.31 bits per heavy atom. The molecule has 4 N–H and O–H groups in total. The summed E-state index contributed by atoms with van der Waals surface area (Å²) in [7, 11) is 0. The molecule has 0 amide bonds. The van der Waals surface area contributed by atoms with Gasteiger partial charge in [0.25, 0.3) is 0 Å². The molecule has 1 atom stereocenters. The summed E-state index contributed by atoms with van der Waals surface area (Å²) in [6.07, 6.45) is 6.31. The van der Waals surface area contributed by atoms with Gasteiger partial charge in [-0.25, -0.2) is 0 Å². The second kappa shape index (κ2) is 11.5. The summed E-state index contributed by atoms with van der Waals surface area (Å²) in [5.41, 5.74) is 8.17. The van der Waals surface area contributed by atoms with Gasteiger partial charge >= 0.3 is 11.9 Å². The van der Waals surface area contributed by atoms with E-state index in [9.17, 15) is 9.59 Å². The number of carbonyl (C=O) groups excluding carboxylic acids is 1. The van der Waals surface area contributed by atoms with Crippen molar-refractivity contribution in [2.45, 2.75) is 58.9 Å². The molecule has 1 aliphatic rings. The molecule has 0 unspecified atom stereocenters. The quantitative estimate of drug-likeness (QED) is 0.670. The molecule has 1 fully saturated rings. The molecule has 0 aromatic heterocycles. The Kier molecular flexibility index (Phi) is 9.73. The number of nitrogens with one attached hydrogen (secondary N) is 1. The van der Waals surface area contributed by atoms with Crippen LogP contribution in [0, 0.1) is 19.8 Å². The van der Waals surface area contributed by atoms with Crippen LogP contribution in [0.25, 0.3) is 0 Å². The summed E-state index contributed by atoms with van der Waals surface area (Å²) in [5.74, 6) is -0.525. The summed E-state index contributed by atoms with van der Waals surface area (Å²) in [6.45, 7) is 6.14. The van der Waals surface area contributed by atoms with Crippen molar-refractivity contribution in [3.8, 4) is 0 Å². The van der Waals surface area contributed by atoms with E-state index >= 15 is 0 Å². The highest BCUT2D eigenvalue weighted by Crippen LogP contribution is 2.23. The van der Waals surface area contributed by atoms with Gasteiger partial charge in [-0.3, -0.25) is 9.59 Å². The average Bonchev–Trinajstić information content (AvgIpc) is 2.64. The van der Waals surface area contributed by atoms with Gasteiger partial charge in [0.2, 0.25) is 0 Å². The number of benzene rings is 1. The molecule has 2 rings (SSSR count). The van der Waals surface area contributed by atoms with Crippen molar-refractivity contribution in [1.29, 1.82) is 0 Å². The largest absolute Gasteiger partial charge is 0.480 e. The number of anilines is 1. The van der Waals surface area contributed by atoms with E-state index < -0.39 is 12.0 Å². The standard InChI is InChI=1S/C11H15NO2.C9H17NO2/c1-7-5-4-6-8(2)10(7)12-9(3)11(13)14;10-6-9(11)12-7-8-4-2-1-3-5-8/h4-6,9,12H,1-3H3,(H,13,14);8H,1-7,10H2/t9-;/m0./s1. The maximum absolute atomic E-state index is 10.7. The molecule has 0 radical (unpaired) electrons. The van der Waals surface area contributed by atoms with E-state index in [1.165, 1.54) is 32.1 Å². The van der Waals surface area contributed by atoms with Crippen LogP contribution < -0.4 is 11.1 Å². The first kappa shape index (κ1) is 22.0. The normalized spacial score (nSPS) is 15.4. The first-order valence-electron chi connectivity index (χ1n) is 9.26. The molecule has 1 saturated carbocycles. The monoisotopic (exact) mass is 364 g/mol. The average molecular weight is 364 g/mol. The number of ether oxygens (including phenoxy) is 1. The molecule has 26 heavy (non-hydrogen) atoms. The van der Waals surface area contributed by atoms with Crippen LogP contribution in [0.4, 0.5) is 5.69 Å². The van der Waals surface area contributed by atoms with Crippen molar-refractivity contribution in [2.24, 2.45) is 11.7 Å². The van der Waals surface area contributed by atoms with Gasteiger partial charge in [0.1, 0.15) is 6.04 Å². The lowest BCUT2D eigenvalue weighted by atomic mass is 9.90. The maximum Gasteiger partial charge on any atom is 0.325 e. The lowest BCUT2D eigenvalue weighted by Crippen LogP contribution is -2.26. The molecule has 0 aliphatic heterocycles. The predicted octanol–water partition coefficient (Wildman–Crippen LogP) is 3.26. The zero-order valence-corrected chi connectivity index (χ0v) is 16.1. The van der Waals surface area contributed by atoms with Crippen LogP contribution in [0.15, 0.2) is 18.2 Å². The molecule has 146 valence electrons. The molecule has 1 aromatic carbocycles. The van der Waals surface area contributed by atoms with Gasteiger partial charge in [-0.1, -0.05) is 37.5 Å². The van der Waals surface area contributed by atoms with Crippen LogP contribution in [0.2, 0.25) is 0 Å². The van der Waals surface area contributed by atoms with Gasteiger partial charge in [0.15, 0.2) is 0 Å². The minimum Gasteiger partial charge on any atom is -0.480 e. The molecule has 0 heterocycles. The number of rotatable bonds is 6. The molecule has 1 aliphatic carbocycles. The minimum atomic E-state index is -0.840. The number of hydrogen-bond donors (Lipinski definition) is 3. The number of para-hydroxylation sites is 1. The maximum atomic E-state index is 10.7. The second-order valence-corrected chi connectivity index (χ2v) is 6.86. The fourth-order valence-corrected chi connectivity index (χ4v) is 2.94. The number of carboxylic acid groups (broad SMARTS) is 1. The van der Waals surface area contributed by atoms with Crippen LogP contribution in [0.1, 0.15) is 50.2 Å². The number of carbonyl (C=O) groups is 2. The Bertz CT molecular complexity index is 563. The van der Waals surface area contributed by atoms with E-state index in [0.29, 0.717) is 12.5 Å². The highest BCUT2D eigenvalue weighted by molar-refractivity contribution is 5.77. The Balaban J connectivity index is 0.000000263. The lowest BCUT2D eigenvalue weighted by Gasteiger charge is -2.20. The van der Waals surface area contributed by atoms with Crippen LogP contribution in [-0.2, 0) is 14.3 Å². The smallest absolute Gasteiger partial charge is 0.325 e. The van der Waals surface area contributed by atoms with Gasteiger partial charge in [-0.2, -0.15) is 0 Å². The second-order valence-electron chi connectivity index (χ2n) is 6.86. The molecular formula is C20H32N2O4. The van der Waals surface area contributed by atoms with Crippen molar-refractivity contribution in [3.05, 3.63) is 29.3 Å². The molecule has 1 aromatic rings. The minimum absolute atomic E-state index is 0.00667. The zero-order chi connectivity index (χ0) is 19.5. The Labute approximate surface area is 156 Å². The summed E-state index contributed by atoms with van der Waals surface area (Å²) in [4.78, 5) is 21.4. The van der Waals surface area contributed by atoms with Crippen LogP contribution in [0.5, 0.6) is 0 Å². The van der Waals surface area contributed by atoms with Crippen molar-refractivity contribution in [2.75, 3.05) is 18.5 Å². The molecule has 0 bridgehead atoms. The summed E-state index contributed by atoms with van der Waals surface area (Å²) in [6, 6.07) is 5.32. The molecular weight excluding hydrogens is 332 g/mol. The van der Waals surface area contributed by atoms with Gasteiger partial charge in [0, 0.05) is 5.69 Å². The van der Waals surface area contributed by atoms with Crippen LogP contribution >= 0.6 is 0 Å². The molecule has 0 saturated heterocycles. The van der Waals surface area contributed by atoms with Gasteiger partial charge < -0.3 is 20.9 Å². The lowest BCUT2D eigenvalue weighted by molar-refractivity contribution is -0.143. The van der Waals surface area contributed by atoms with E-state index in [-0.39, 0.29) is 12.5 Å². The van der Waals surface area contributed by atoms with E-state index in [2.05, 4.69) is 5.32 Å². The zero-order valence-electron chi connectivity index (χ0n) is 16.1. The third-order valence-electron chi connectivity index (χ3n) is 4.58. The Hall–Kier alpha value is -2.08. The number of nitrogens with two attached hydrogens (primary N) is 1. The summed E-state index contributed by atoms with van der Waals surface area (Å²) >= 11 is 0. The number of esters is 1. The predicted molar refractivity (Wildman–Crippen MR) is 103 cm³/mol. The highest BCUT2D eigenvalue weighted by atomic mass is 16.5. The van der Waals surface area contributed by atoms with Crippen molar-refractivity contribution in [1.82, 2.24) is 0 Å². The topological polar surface area (TPSA) is 102 Å². The number of aliphatic carboxylic acids is 1. The summed E-state index contributed by atoms with van der Waals surface area (Å²) in [5, 5.41) is 11.7. The van der Waals surface area contributed by atoms with E-state index in [0.717, 1.165) is 16.8 Å². The van der Waals surface area contributed by atoms with Crippen molar-refractivity contribution in [3.63, 3.8) is 0 Å². The first-order chi connectivity index (χ1) is 12.3. The summed E-state index contributed by atoms with van der Waals surface area (Å²) < 4.78 is 4.97. The third kappa shape index (κ3) is 7.87. The SMILES string of the molecule is Cc1cccc(C)c1N[C@@H](C)C(=O)O.NCC(=O)OCC1CCCCC1. The van der Waals surface area contributed by atoms with Gasteiger partial charge in [-0.15, -0.1) is 0 Å². The van der Waals surface area contributed by atoms with E-state index in [4.69, 9.17) is 15.6 Å². The molecule has 6 heteroatoms. The number of hydrogen-bond acceptors (Lipinski definition) is 5. The fraction of sp³-hybridized carbons (Fsp3) is 0.600. The Morgan fingerprint density at radius 1 is 1.23 bits per heavy atom. The number of aryl methyl sites for hydroxylation is 2. The van der Waals surface area contributed by atoms with Crippen molar-refractivity contribution >= 4 is 17.6 Å². The highest BCUT2D eigenvalue weighted by Gasteiger charge is 2.14. The van der Waals surface area contributed by atoms with Crippen LogP contribution in [0.3, 0.4) is 0 Å². The number of carboxylic acids is 1. The molecule has 0 spiro atoms. The molecule has 6 nitrogen and oxygen atoms in total. The van der Waals surface area contributed by atoms with Gasteiger partial charge in [-0.05, 0) is 50.7 Å². The Morgan fingerprint density at radius 2 is 1.81 bits per heavy atom. The van der Waals surface area contributed by atoms with Gasteiger partial charge in [0.05, 0.1) is 13.2 Å². The van der Waals surface area contributed by atoms with Crippen molar-refractivity contribution < 1.29 is 19.4 Å².